The molecule has 0 unspecified atom stereocenters. The van der Waals surface area contributed by atoms with Crippen LogP contribution in [0.1, 0.15) is 35.7 Å². The molecule has 4 nitrogen and oxygen atoms in total. The van der Waals surface area contributed by atoms with Crippen LogP contribution < -0.4 is 0 Å². The van der Waals surface area contributed by atoms with Crippen molar-refractivity contribution >= 4 is 12.2 Å². The van der Waals surface area contributed by atoms with Gasteiger partial charge in [0.2, 0.25) is 0 Å². The van der Waals surface area contributed by atoms with Crippen molar-refractivity contribution < 1.29 is 4.39 Å². The molecule has 6 heteroatoms. The van der Waals surface area contributed by atoms with E-state index in [4.69, 9.17) is 17.3 Å². The van der Waals surface area contributed by atoms with E-state index in [9.17, 15) is 4.39 Å². The molecule has 1 fully saturated rings. The van der Waals surface area contributed by atoms with Crippen LogP contribution in [0.3, 0.4) is 0 Å². The fourth-order valence-corrected chi connectivity index (χ4v) is 3.59. The van der Waals surface area contributed by atoms with Gasteiger partial charge in [0.1, 0.15) is 11.6 Å². The van der Waals surface area contributed by atoms with E-state index < -0.39 is 0 Å². The lowest BCUT2D eigenvalue weighted by Gasteiger charge is -2.16. The van der Waals surface area contributed by atoms with Crippen molar-refractivity contribution in [3.05, 3.63) is 82.1 Å². The predicted octanol–water partition coefficient (Wildman–Crippen LogP) is 4.57. The molecule has 0 N–H and O–H groups in total. The zero-order valence-corrected chi connectivity index (χ0v) is 16.2. The van der Waals surface area contributed by atoms with E-state index >= 15 is 0 Å². The van der Waals surface area contributed by atoms with E-state index in [0.29, 0.717) is 19.1 Å². The summed E-state index contributed by atoms with van der Waals surface area (Å²) in [4.78, 5) is 2.10. The molecule has 0 spiro atoms. The highest BCUT2D eigenvalue weighted by atomic mass is 32.1. The summed E-state index contributed by atoms with van der Waals surface area (Å²) < 4.78 is 18.2. The van der Waals surface area contributed by atoms with E-state index in [2.05, 4.69) is 21.6 Å². The smallest absolute Gasteiger partial charge is 0.199 e. The summed E-state index contributed by atoms with van der Waals surface area (Å²) in [6.45, 7) is 1.97. The Bertz CT molecular complexity index is 975. The summed E-state index contributed by atoms with van der Waals surface area (Å²) >= 11 is 5.74. The normalized spacial score (nSPS) is 14.0. The molecule has 1 heterocycles. The SMILES string of the molecule is CN(Cc1cccc(F)c1)Cn1nc(C2CC2)n(Cc2ccccc2)c1=S. The molecule has 0 aliphatic heterocycles. The maximum absolute atomic E-state index is 13.4. The van der Waals surface area contributed by atoms with Crippen LogP contribution in [0.4, 0.5) is 4.39 Å². The molecule has 2 aromatic carbocycles. The van der Waals surface area contributed by atoms with Gasteiger partial charge < -0.3 is 0 Å². The first-order chi connectivity index (χ1) is 13.1. The van der Waals surface area contributed by atoms with Crippen LogP contribution in [0.5, 0.6) is 0 Å². The maximum atomic E-state index is 13.4. The Labute approximate surface area is 163 Å². The van der Waals surface area contributed by atoms with Crippen molar-refractivity contribution in [3.63, 3.8) is 0 Å². The Hall–Kier alpha value is -2.31. The van der Waals surface area contributed by atoms with Crippen LogP contribution in [0.15, 0.2) is 54.6 Å². The van der Waals surface area contributed by atoms with Gasteiger partial charge >= 0.3 is 0 Å². The van der Waals surface area contributed by atoms with Crippen LogP contribution in [0.2, 0.25) is 0 Å². The van der Waals surface area contributed by atoms with Crippen LogP contribution in [0.25, 0.3) is 0 Å². The second kappa shape index (κ2) is 7.74. The minimum Gasteiger partial charge on any atom is -0.299 e. The van der Waals surface area contributed by atoms with E-state index in [1.54, 1.807) is 12.1 Å². The Balaban J connectivity index is 1.54. The van der Waals surface area contributed by atoms with Gasteiger partial charge in [-0.05, 0) is 55.4 Å². The number of halogens is 1. The number of aromatic nitrogens is 3. The van der Waals surface area contributed by atoms with E-state index in [1.165, 1.54) is 24.5 Å². The molecule has 1 saturated carbocycles. The van der Waals surface area contributed by atoms with Gasteiger partial charge in [-0.15, -0.1) is 0 Å². The fourth-order valence-electron chi connectivity index (χ4n) is 3.33. The quantitative estimate of drug-likeness (QED) is 0.560. The van der Waals surface area contributed by atoms with Gasteiger partial charge in [0, 0.05) is 12.5 Å². The van der Waals surface area contributed by atoms with Gasteiger partial charge in [0.15, 0.2) is 4.77 Å². The number of rotatable bonds is 7. The lowest BCUT2D eigenvalue weighted by molar-refractivity contribution is 0.243. The van der Waals surface area contributed by atoms with Gasteiger partial charge in [-0.3, -0.25) is 9.47 Å². The van der Waals surface area contributed by atoms with Crippen molar-refractivity contribution in [2.45, 2.75) is 38.5 Å². The number of nitrogens with zero attached hydrogens (tertiary/aromatic N) is 4. The van der Waals surface area contributed by atoms with Gasteiger partial charge in [-0.2, -0.15) is 5.10 Å². The van der Waals surface area contributed by atoms with Gasteiger partial charge in [-0.1, -0.05) is 42.5 Å². The minimum atomic E-state index is -0.208. The highest BCUT2D eigenvalue weighted by Crippen LogP contribution is 2.39. The third kappa shape index (κ3) is 4.34. The lowest BCUT2D eigenvalue weighted by atomic mass is 10.2. The molecule has 0 atom stereocenters. The first-order valence-electron chi connectivity index (χ1n) is 9.24. The van der Waals surface area contributed by atoms with Gasteiger partial charge in [0.05, 0.1) is 13.2 Å². The summed E-state index contributed by atoms with van der Waals surface area (Å²) in [5.74, 6) is 1.40. The standard InChI is InChI=1S/C21H23FN4S/c1-24(13-17-8-5-9-19(22)12-17)15-26-21(27)25(20(23-26)18-10-11-18)14-16-6-3-2-4-7-16/h2-9,12,18H,10-11,13-15H2,1H3. The molecule has 3 aromatic rings. The van der Waals surface area contributed by atoms with E-state index in [0.717, 1.165) is 22.7 Å². The van der Waals surface area contributed by atoms with Crippen LogP contribution in [-0.2, 0) is 19.8 Å². The molecule has 4 rings (SSSR count). The van der Waals surface area contributed by atoms with Crippen molar-refractivity contribution in [1.29, 1.82) is 0 Å². The van der Waals surface area contributed by atoms with Crippen molar-refractivity contribution in [2.75, 3.05) is 7.05 Å². The Morgan fingerprint density at radius 3 is 2.56 bits per heavy atom. The third-order valence-corrected chi connectivity index (χ3v) is 5.23. The molecular formula is C21H23FN4S. The summed E-state index contributed by atoms with van der Waals surface area (Å²) in [7, 11) is 2.00. The molecule has 0 radical (unpaired) electrons. The zero-order valence-electron chi connectivity index (χ0n) is 15.4. The highest BCUT2D eigenvalue weighted by molar-refractivity contribution is 7.71. The number of hydrogen-bond acceptors (Lipinski definition) is 3. The van der Waals surface area contributed by atoms with Crippen LogP contribution in [-0.4, -0.2) is 26.3 Å². The second-order valence-electron chi connectivity index (χ2n) is 7.27. The monoisotopic (exact) mass is 382 g/mol. The molecule has 140 valence electrons. The predicted molar refractivity (Wildman–Crippen MR) is 106 cm³/mol. The second-order valence-corrected chi connectivity index (χ2v) is 7.64. The number of benzene rings is 2. The van der Waals surface area contributed by atoms with Crippen molar-refractivity contribution in [1.82, 2.24) is 19.2 Å². The number of hydrogen-bond donors (Lipinski definition) is 0. The lowest BCUT2D eigenvalue weighted by Crippen LogP contribution is -2.22. The van der Waals surface area contributed by atoms with E-state index in [1.807, 2.05) is 36.0 Å². The molecule has 0 saturated heterocycles. The Kier molecular flexibility index (Phi) is 5.18. The van der Waals surface area contributed by atoms with Gasteiger partial charge in [0.25, 0.3) is 0 Å². The summed E-state index contributed by atoms with van der Waals surface area (Å²) in [6.07, 6.45) is 2.36. The zero-order chi connectivity index (χ0) is 18.8. The first-order valence-corrected chi connectivity index (χ1v) is 9.65. The maximum Gasteiger partial charge on any atom is 0.199 e. The highest BCUT2D eigenvalue weighted by Gasteiger charge is 2.30. The molecule has 0 amide bonds. The molecular weight excluding hydrogens is 359 g/mol. The van der Waals surface area contributed by atoms with Gasteiger partial charge in [-0.25, -0.2) is 9.07 Å². The molecule has 1 aliphatic rings. The van der Waals surface area contributed by atoms with Crippen molar-refractivity contribution in [2.24, 2.45) is 0 Å². The third-order valence-electron chi connectivity index (χ3n) is 4.79. The minimum absolute atomic E-state index is 0.208. The Morgan fingerprint density at radius 2 is 1.85 bits per heavy atom. The van der Waals surface area contributed by atoms with Crippen LogP contribution in [0, 0.1) is 10.6 Å². The molecule has 1 aromatic heterocycles. The molecule has 1 aliphatic carbocycles. The molecule has 0 bridgehead atoms. The topological polar surface area (TPSA) is 26.0 Å². The summed E-state index contributed by atoms with van der Waals surface area (Å²) in [5, 5.41) is 4.83. The first kappa shape index (κ1) is 18.1. The molecule has 27 heavy (non-hydrogen) atoms. The van der Waals surface area contributed by atoms with E-state index in [-0.39, 0.29) is 5.82 Å². The fraction of sp³-hybridized carbons (Fsp3) is 0.333. The summed E-state index contributed by atoms with van der Waals surface area (Å²) in [5.41, 5.74) is 2.17. The average Bonchev–Trinajstić information content (AvgIpc) is 3.44. The largest absolute Gasteiger partial charge is 0.299 e. The van der Waals surface area contributed by atoms with Crippen LogP contribution >= 0.6 is 12.2 Å². The summed E-state index contributed by atoms with van der Waals surface area (Å²) in [6, 6.07) is 17.1. The van der Waals surface area contributed by atoms with Crippen molar-refractivity contribution in [3.8, 4) is 0 Å². The average molecular weight is 383 g/mol. The Morgan fingerprint density at radius 1 is 1.11 bits per heavy atom.